The molecule has 0 aromatic heterocycles. The smallest absolute Gasteiger partial charge is 0.336 e. The van der Waals surface area contributed by atoms with Crippen LogP contribution in [0.4, 0.5) is 0 Å². The van der Waals surface area contributed by atoms with Crippen molar-refractivity contribution in [2.24, 2.45) is 5.92 Å². The van der Waals surface area contributed by atoms with E-state index >= 15 is 0 Å². The fourth-order valence-corrected chi connectivity index (χ4v) is 3.98. The summed E-state index contributed by atoms with van der Waals surface area (Å²) in [5.74, 6) is -0.949. The van der Waals surface area contributed by atoms with Gasteiger partial charge in [-0.3, -0.25) is 0 Å². The van der Waals surface area contributed by atoms with Gasteiger partial charge in [-0.25, -0.2) is 13.2 Å². The number of carbonyl (C=O) groups is 1. The number of sulfone groups is 1. The van der Waals surface area contributed by atoms with Crippen LogP contribution >= 0.6 is 0 Å². The van der Waals surface area contributed by atoms with E-state index in [2.05, 4.69) is 0 Å². The molecule has 0 heterocycles. The molecular formula is C15H22O4S. The topological polar surface area (TPSA) is 71.4 Å². The standard InChI is InChI=1S/C15H22O4S/c1-4-6-11(3)10-20(18,19)13-8-7-12(5-2)14(9-13)15(16)17/h7-9,11H,4-6,10H2,1-3H3,(H,16,17). The summed E-state index contributed by atoms with van der Waals surface area (Å²) in [5, 5.41) is 9.16. The maximum Gasteiger partial charge on any atom is 0.336 e. The highest BCUT2D eigenvalue weighted by atomic mass is 32.2. The molecule has 4 nitrogen and oxygen atoms in total. The number of benzene rings is 1. The largest absolute Gasteiger partial charge is 0.478 e. The highest BCUT2D eigenvalue weighted by molar-refractivity contribution is 7.91. The van der Waals surface area contributed by atoms with Gasteiger partial charge in [-0.1, -0.05) is 33.3 Å². The quantitative estimate of drug-likeness (QED) is 0.839. The number of aryl methyl sites for hydroxylation is 1. The average Bonchev–Trinajstić information content (AvgIpc) is 2.37. The molecule has 0 aliphatic heterocycles. The van der Waals surface area contributed by atoms with Gasteiger partial charge in [0.25, 0.3) is 0 Å². The lowest BCUT2D eigenvalue weighted by atomic mass is 10.1. The zero-order chi connectivity index (χ0) is 15.3. The van der Waals surface area contributed by atoms with Crippen molar-refractivity contribution in [2.45, 2.75) is 44.9 Å². The third kappa shape index (κ3) is 4.07. The predicted molar refractivity (Wildman–Crippen MR) is 78.9 cm³/mol. The monoisotopic (exact) mass is 298 g/mol. The summed E-state index contributed by atoms with van der Waals surface area (Å²) < 4.78 is 24.6. The lowest BCUT2D eigenvalue weighted by Gasteiger charge is -2.12. The molecule has 0 aliphatic rings. The maximum atomic E-state index is 12.3. The first-order chi connectivity index (χ1) is 9.31. The van der Waals surface area contributed by atoms with Crippen LogP contribution in [-0.2, 0) is 16.3 Å². The molecule has 0 saturated carbocycles. The van der Waals surface area contributed by atoms with Crippen molar-refractivity contribution in [3.8, 4) is 0 Å². The minimum absolute atomic E-state index is 0.0609. The van der Waals surface area contributed by atoms with Crippen LogP contribution in [0.5, 0.6) is 0 Å². The van der Waals surface area contributed by atoms with Gasteiger partial charge in [0.15, 0.2) is 9.84 Å². The number of hydrogen-bond donors (Lipinski definition) is 1. The Hall–Kier alpha value is -1.36. The number of carboxylic acid groups (broad SMARTS) is 1. The van der Waals surface area contributed by atoms with Crippen molar-refractivity contribution in [1.29, 1.82) is 0 Å². The van der Waals surface area contributed by atoms with Crippen molar-refractivity contribution in [1.82, 2.24) is 0 Å². The minimum atomic E-state index is -3.43. The van der Waals surface area contributed by atoms with E-state index in [0.29, 0.717) is 12.0 Å². The van der Waals surface area contributed by atoms with Gasteiger partial charge < -0.3 is 5.11 Å². The third-order valence-corrected chi connectivity index (χ3v) is 5.32. The molecule has 1 N–H and O–H groups in total. The van der Waals surface area contributed by atoms with Crippen molar-refractivity contribution >= 4 is 15.8 Å². The Bertz CT molecular complexity index is 576. The predicted octanol–water partition coefficient (Wildman–Crippen LogP) is 3.16. The third-order valence-electron chi connectivity index (χ3n) is 3.34. The van der Waals surface area contributed by atoms with E-state index in [1.165, 1.54) is 12.1 Å². The second-order valence-corrected chi connectivity index (χ2v) is 7.19. The van der Waals surface area contributed by atoms with Crippen LogP contribution in [0.2, 0.25) is 0 Å². The highest BCUT2D eigenvalue weighted by Gasteiger charge is 2.20. The number of rotatable bonds is 7. The van der Waals surface area contributed by atoms with Crippen molar-refractivity contribution in [3.63, 3.8) is 0 Å². The lowest BCUT2D eigenvalue weighted by molar-refractivity contribution is 0.0695. The summed E-state index contributed by atoms with van der Waals surface area (Å²) in [5.41, 5.74) is 0.731. The van der Waals surface area contributed by atoms with E-state index in [1.54, 1.807) is 6.07 Å². The highest BCUT2D eigenvalue weighted by Crippen LogP contribution is 2.21. The zero-order valence-electron chi connectivity index (χ0n) is 12.2. The Morgan fingerprint density at radius 1 is 1.30 bits per heavy atom. The number of aromatic carboxylic acids is 1. The SMILES string of the molecule is CCCC(C)CS(=O)(=O)c1ccc(CC)c(C(=O)O)c1. The van der Waals surface area contributed by atoms with Gasteiger partial charge in [0, 0.05) is 0 Å². The minimum Gasteiger partial charge on any atom is -0.478 e. The van der Waals surface area contributed by atoms with Crippen molar-refractivity contribution < 1.29 is 18.3 Å². The molecule has 112 valence electrons. The maximum absolute atomic E-state index is 12.3. The molecule has 1 aromatic carbocycles. The lowest BCUT2D eigenvalue weighted by Crippen LogP contribution is -2.15. The molecule has 0 aliphatic carbocycles. The summed E-state index contributed by atoms with van der Waals surface area (Å²) in [7, 11) is -3.43. The van der Waals surface area contributed by atoms with Gasteiger partial charge in [-0.2, -0.15) is 0 Å². The normalized spacial score (nSPS) is 13.2. The Morgan fingerprint density at radius 2 is 1.95 bits per heavy atom. The van der Waals surface area contributed by atoms with Crippen LogP contribution in [0.15, 0.2) is 23.1 Å². The van der Waals surface area contributed by atoms with E-state index in [-0.39, 0.29) is 22.1 Å². The second-order valence-electron chi connectivity index (χ2n) is 5.15. The average molecular weight is 298 g/mol. The molecule has 0 spiro atoms. The fraction of sp³-hybridized carbons (Fsp3) is 0.533. The van der Waals surface area contributed by atoms with E-state index in [9.17, 15) is 13.2 Å². The van der Waals surface area contributed by atoms with Gasteiger partial charge >= 0.3 is 5.97 Å². The van der Waals surface area contributed by atoms with E-state index < -0.39 is 15.8 Å². The Morgan fingerprint density at radius 3 is 2.45 bits per heavy atom. The number of hydrogen-bond acceptors (Lipinski definition) is 3. The molecule has 5 heteroatoms. The van der Waals surface area contributed by atoms with E-state index in [4.69, 9.17) is 5.11 Å². The Labute approximate surface area is 120 Å². The van der Waals surface area contributed by atoms with Gasteiger partial charge in [-0.05, 0) is 36.5 Å². The summed E-state index contributed by atoms with van der Waals surface area (Å²) >= 11 is 0. The van der Waals surface area contributed by atoms with Crippen LogP contribution in [0.1, 0.15) is 49.5 Å². The van der Waals surface area contributed by atoms with Crippen LogP contribution in [0, 0.1) is 5.92 Å². The van der Waals surface area contributed by atoms with Crippen LogP contribution < -0.4 is 0 Å². The van der Waals surface area contributed by atoms with Gasteiger partial charge in [0.05, 0.1) is 16.2 Å². The van der Waals surface area contributed by atoms with Crippen LogP contribution in [0.25, 0.3) is 0 Å². The van der Waals surface area contributed by atoms with Gasteiger partial charge in [0.1, 0.15) is 0 Å². The zero-order valence-corrected chi connectivity index (χ0v) is 13.0. The summed E-state index contributed by atoms with van der Waals surface area (Å²) in [6.07, 6.45) is 2.35. The molecule has 20 heavy (non-hydrogen) atoms. The molecule has 1 atom stereocenters. The van der Waals surface area contributed by atoms with Crippen molar-refractivity contribution in [3.05, 3.63) is 29.3 Å². The molecular weight excluding hydrogens is 276 g/mol. The first-order valence-electron chi connectivity index (χ1n) is 6.90. The molecule has 0 amide bonds. The first-order valence-corrected chi connectivity index (χ1v) is 8.56. The van der Waals surface area contributed by atoms with Crippen LogP contribution in [0.3, 0.4) is 0 Å². The summed E-state index contributed by atoms with van der Waals surface area (Å²) in [4.78, 5) is 11.3. The molecule has 0 bridgehead atoms. The molecule has 0 fully saturated rings. The second kappa shape index (κ2) is 6.88. The van der Waals surface area contributed by atoms with Gasteiger partial charge in [0.2, 0.25) is 0 Å². The molecule has 1 aromatic rings. The summed E-state index contributed by atoms with van der Waals surface area (Å²) in [6.45, 7) is 5.76. The molecule has 0 radical (unpaired) electrons. The van der Waals surface area contributed by atoms with Crippen molar-refractivity contribution in [2.75, 3.05) is 5.75 Å². The Kier molecular flexibility index (Phi) is 5.74. The summed E-state index contributed by atoms with van der Waals surface area (Å²) in [6, 6.07) is 4.40. The molecule has 1 unspecified atom stereocenters. The first kappa shape index (κ1) is 16.7. The van der Waals surface area contributed by atoms with E-state index in [1.807, 2.05) is 20.8 Å². The fourth-order valence-electron chi connectivity index (χ4n) is 2.30. The Balaban J connectivity index is 3.13. The van der Waals surface area contributed by atoms with Gasteiger partial charge in [-0.15, -0.1) is 0 Å². The number of carboxylic acids is 1. The molecule has 0 saturated heterocycles. The molecule has 1 rings (SSSR count). The van der Waals surface area contributed by atoms with Crippen LogP contribution in [-0.4, -0.2) is 25.2 Å². The van der Waals surface area contributed by atoms with E-state index in [0.717, 1.165) is 12.8 Å².